The Hall–Kier alpha value is -0.570. The lowest BCUT2D eigenvalue weighted by atomic mass is 9.34. The van der Waals surface area contributed by atoms with Gasteiger partial charge in [0.25, 0.3) is 0 Å². The van der Waals surface area contributed by atoms with E-state index >= 15 is 0 Å². The molecule has 3 aliphatic carbocycles. The molecule has 2 N–H and O–H groups in total. The lowest BCUT2D eigenvalue weighted by molar-refractivity contribution is -0.212. The Morgan fingerprint density at radius 1 is 1.54 bits per heavy atom. The molecule has 3 saturated carbocycles. The molecular formula is C10H17NO2. The lowest BCUT2D eigenvalue weighted by Crippen LogP contribution is -2.69. The van der Waals surface area contributed by atoms with Crippen LogP contribution in [0.1, 0.15) is 33.1 Å². The fourth-order valence-corrected chi connectivity index (χ4v) is 3.21. The van der Waals surface area contributed by atoms with Crippen LogP contribution in [0, 0.1) is 10.8 Å². The zero-order valence-corrected chi connectivity index (χ0v) is 8.30. The highest BCUT2D eigenvalue weighted by Crippen LogP contribution is 2.74. The summed E-state index contributed by atoms with van der Waals surface area (Å²) in [7, 11) is 0. The van der Waals surface area contributed by atoms with E-state index in [2.05, 4.69) is 6.92 Å². The van der Waals surface area contributed by atoms with Crippen LogP contribution in [-0.2, 0) is 9.53 Å². The summed E-state index contributed by atoms with van der Waals surface area (Å²) in [4.78, 5) is 11.4. The fraction of sp³-hybridized carbons (Fsp3) is 0.900. The number of hydrogen-bond donors (Lipinski definition) is 1. The average Bonchev–Trinajstić information content (AvgIpc) is 1.96. The predicted molar refractivity (Wildman–Crippen MR) is 49.0 cm³/mol. The van der Waals surface area contributed by atoms with Crippen molar-refractivity contribution < 1.29 is 9.53 Å². The minimum Gasteiger partial charge on any atom is -0.465 e. The number of ether oxygens (including phenoxy) is 1. The molecule has 1 unspecified atom stereocenters. The molecule has 3 nitrogen and oxygen atoms in total. The molecule has 0 saturated heterocycles. The summed E-state index contributed by atoms with van der Waals surface area (Å²) in [5, 5.41) is 0. The molecule has 2 bridgehead atoms. The van der Waals surface area contributed by atoms with Crippen LogP contribution < -0.4 is 5.73 Å². The molecule has 1 atom stereocenters. The third-order valence-electron chi connectivity index (χ3n) is 3.54. The van der Waals surface area contributed by atoms with E-state index in [0.29, 0.717) is 12.0 Å². The maximum Gasteiger partial charge on any atom is 0.323 e. The summed E-state index contributed by atoms with van der Waals surface area (Å²) >= 11 is 0. The van der Waals surface area contributed by atoms with Crippen molar-refractivity contribution in [3.05, 3.63) is 0 Å². The molecule has 0 aromatic heterocycles. The highest BCUT2D eigenvalue weighted by molar-refractivity contribution is 5.77. The van der Waals surface area contributed by atoms with Crippen molar-refractivity contribution in [1.82, 2.24) is 0 Å². The van der Waals surface area contributed by atoms with Gasteiger partial charge in [-0.25, -0.2) is 0 Å². The van der Waals surface area contributed by atoms with Gasteiger partial charge in [0.05, 0.1) is 6.61 Å². The van der Waals surface area contributed by atoms with Crippen LogP contribution in [0.2, 0.25) is 0 Å². The zero-order valence-electron chi connectivity index (χ0n) is 8.30. The summed E-state index contributed by atoms with van der Waals surface area (Å²) in [6, 6.07) is -0.380. The largest absolute Gasteiger partial charge is 0.465 e. The molecule has 3 fully saturated rings. The maximum atomic E-state index is 11.4. The van der Waals surface area contributed by atoms with Crippen LogP contribution >= 0.6 is 0 Å². The zero-order chi connectivity index (χ0) is 9.69. The topological polar surface area (TPSA) is 52.3 Å². The molecule has 3 rings (SSSR count). The third kappa shape index (κ3) is 1.10. The van der Waals surface area contributed by atoms with Gasteiger partial charge in [0.1, 0.15) is 6.04 Å². The van der Waals surface area contributed by atoms with E-state index < -0.39 is 0 Å². The van der Waals surface area contributed by atoms with Crippen molar-refractivity contribution in [1.29, 1.82) is 0 Å². The van der Waals surface area contributed by atoms with Crippen molar-refractivity contribution in [2.24, 2.45) is 16.6 Å². The molecule has 0 radical (unpaired) electrons. The second-order valence-corrected chi connectivity index (χ2v) is 4.93. The van der Waals surface area contributed by atoms with Crippen molar-refractivity contribution in [2.45, 2.75) is 39.2 Å². The second kappa shape index (κ2) is 2.47. The number of rotatable bonds is 3. The Bertz CT molecular complexity index is 230. The first-order valence-corrected chi connectivity index (χ1v) is 4.94. The summed E-state index contributed by atoms with van der Waals surface area (Å²) in [6.45, 7) is 4.50. The fourth-order valence-electron chi connectivity index (χ4n) is 3.21. The molecule has 0 heterocycles. The number of nitrogens with two attached hydrogens (primary N) is 1. The van der Waals surface area contributed by atoms with E-state index in [1.54, 1.807) is 0 Å². The van der Waals surface area contributed by atoms with Crippen LogP contribution in [-0.4, -0.2) is 18.6 Å². The van der Waals surface area contributed by atoms with E-state index in [-0.39, 0.29) is 17.4 Å². The van der Waals surface area contributed by atoms with Gasteiger partial charge in [-0.2, -0.15) is 0 Å². The van der Waals surface area contributed by atoms with Crippen LogP contribution in [0.3, 0.4) is 0 Å². The quantitative estimate of drug-likeness (QED) is 0.666. The van der Waals surface area contributed by atoms with Crippen LogP contribution in [0.25, 0.3) is 0 Å². The Labute approximate surface area is 78.6 Å². The molecule has 0 aromatic rings. The Balaban J connectivity index is 1.92. The Morgan fingerprint density at radius 2 is 2.08 bits per heavy atom. The van der Waals surface area contributed by atoms with Gasteiger partial charge in [-0.1, -0.05) is 6.92 Å². The van der Waals surface area contributed by atoms with Crippen molar-refractivity contribution in [3.63, 3.8) is 0 Å². The van der Waals surface area contributed by atoms with Crippen molar-refractivity contribution in [3.8, 4) is 0 Å². The van der Waals surface area contributed by atoms with Crippen molar-refractivity contribution >= 4 is 5.97 Å². The van der Waals surface area contributed by atoms with Gasteiger partial charge in [-0.3, -0.25) is 4.79 Å². The van der Waals surface area contributed by atoms with Crippen LogP contribution in [0.5, 0.6) is 0 Å². The third-order valence-corrected chi connectivity index (χ3v) is 3.54. The van der Waals surface area contributed by atoms with E-state index in [1.807, 2.05) is 6.92 Å². The number of carbonyl (C=O) groups excluding carboxylic acids is 1. The Kier molecular flexibility index (Phi) is 1.71. The van der Waals surface area contributed by atoms with Gasteiger partial charge in [-0.05, 0) is 37.0 Å². The number of esters is 1. The minimum atomic E-state index is -0.380. The smallest absolute Gasteiger partial charge is 0.323 e. The first-order valence-electron chi connectivity index (χ1n) is 4.94. The van der Waals surface area contributed by atoms with Gasteiger partial charge in [0, 0.05) is 0 Å². The maximum absolute atomic E-state index is 11.4. The predicted octanol–water partition coefficient (Wildman–Crippen LogP) is 1.07. The first-order chi connectivity index (χ1) is 6.01. The monoisotopic (exact) mass is 183 g/mol. The molecule has 13 heavy (non-hydrogen) atoms. The highest BCUT2D eigenvalue weighted by atomic mass is 16.5. The molecule has 3 aliphatic rings. The standard InChI is InChI=1S/C10H17NO2/c1-3-13-8(12)7(11)10-4-9(2,5-10)6-10/h7H,3-6,11H2,1-2H3. The highest BCUT2D eigenvalue weighted by Gasteiger charge is 2.68. The van der Waals surface area contributed by atoms with E-state index in [0.717, 1.165) is 19.3 Å². The van der Waals surface area contributed by atoms with Crippen molar-refractivity contribution in [2.75, 3.05) is 6.61 Å². The van der Waals surface area contributed by atoms with Gasteiger partial charge < -0.3 is 10.5 Å². The SMILES string of the molecule is CCOC(=O)C(N)C12CC(C)(C1)C2. The molecule has 0 aromatic carbocycles. The van der Waals surface area contributed by atoms with E-state index in [9.17, 15) is 4.79 Å². The summed E-state index contributed by atoms with van der Waals surface area (Å²) in [6.07, 6.45) is 3.33. The second-order valence-electron chi connectivity index (χ2n) is 4.93. The van der Waals surface area contributed by atoms with Crippen LogP contribution in [0.4, 0.5) is 0 Å². The molecule has 0 aliphatic heterocycles. The van der Waals surface area contributed by atoms with Gasteiger partial charge >= 0.3 is 5.97 Å². The van der Waals surface area contributed by atoms with E-state index in [4.69, 9.17) is 10.5 Å². The van der Waals surface area contributed by atoms with Gasteiger partial charge in [0.15, 0.2) is 0 Å². The Morgan fingerprint density at radius 3 is 2.46 bits per heavy atom. The molecule has 74 valence electrons. The van der Waals surface area contributed by atoms with Gasteiger partial charge in [-0.15, -0.1) is 0 Å². The summed E-state index contributed by atoms with van der Waals surface area (Å²) < 4.78 is 4.92. The van der Waals surface area contributed by atoms with Crippen LogP contribution in [0.15, 0.2) is 0 Å². The van der Waals surface area contributed by atoms with Gasteiger partial charge in [0.2, 0.25) is 0 Å². The number of hydrogen-bond acceptors (Lipinski definition) is 3. The molecule has 0 spiro atoms. The molecule has 3 heteroatoms. The molecule has 0 amide bonds. The lowest BCUT2D eigenvalue weighted by Gasteiger charge is -2.71. The normalized spacial score (nSPS) is 43.0. The number of carbonyl (C=O) groups is 1. The average molecular weight is 183 g/mol. The minimum absolute atomic E-state index is 0.112. The summed E-state index contributed by atoms with van der Waals surface area (Å²) in [5.74, 6) is -0.218. The van der Waals surface area contributed by atoms with E-state index in [1.165, 1.54) is 0 Å². The molecular weight excluding hydrogens is 166 g/mol. The first kappa shape index (κ1) is 9.00. The summed E-state index contributed by atoms with van der Waals surface area (Å²) in [5.41, 5.74) is 6.48.